The van der Waals surface area contributed by atoms with Gasteiger partial charge in [0.15, 0.2) is 5.13 Å². The lowest BCUT2D eigenvalue weighted by Crippen LogP contribution is -2.31. The van der Waals surface area contributed by atoms with Crippen LogP contribution in [0.2, 0.25) is 0 Å². The van der Waals surface area contributed by atoms with Crippen molar-refractivity contribution in [2.24, 2.45) is 0 Å². The third-order valence-electron chi connectivity index (χ3n) is 5.26. The Bertz CT molecular complexity index is 1190. The van der Waals surface area contributed by atoms with Crippen molar-refractivity contribution in [1.82, 2.24) is 9.97 Å². The van der Waals surface area contributed by atoms with Crippen LogP contribution in [0.25, 0.3) is 10.2 Å². The second kappa shape index (κ2) is 9.27. The molecule has 0 unspecified atom stereocenters. The van der Waals surface area contributed by atoms with Gasteiger partial charge in [-0.3, -0.25) is 14.7 Å². The number of ether oxygens (including phenoxy) is 1. The molecule has 0 bridgehead atoms. The molecular weight excluding hydrogens is 406 g/mol. The molecule has 0 N–H and O–H groups in total. The molecule has 1 amide bonds. The largest absolute Gasteiger partial charge is 0.494 e. The molecule has 2 heterocycles. The van der Waals surface area contributed by atoms with Crippen LogP contribution in [0.3, 0.4) is 0 Å². The number of aromatic nitrogens is 2. The van der Waals surface area contributed by atoms with Gasteiger partial charge in [-0.05, 0) is 67.3 Å². The molecule has 2 aromatic carbocycles. The number of hydrogen-bond donors (Lipinski definition) is 0. The summed E-state index contributed by atoms with van der Waals surface area (Å²) in [5, 5.41) is 0.712. The van der Waals surface area contributed by atoms with E-state index in [0.717, 1.165) is 32.7 Å². The van der Waals surface area contributed by atoms with Crippen LogP contribution < -0.4 is 9.64 Å². The topological polar surface area (TPSA) is 55.3 Å². The number of hydrogen-bond acceptors (Lipinski definition) is 5. The van der Waals surface area contributed by atoms with E-state index in [2.05, 4.69) is 31.0 Å². The molecule has 5 nitrogen and oxygen atoms in total. The van der Waals surface area contributed by atoms with Gasteiger partial charge in [-0.25, -0.2) is 4.98 Å². The second-order valence-electron chi connectivity index (χ2n) is 7.45. The minimum absolute atomic E-state index is 0.00134. The summed E-state index contributed by atoms with van der Waals surface area (Å²) in [5.41, 5.74) is 5.22. The molecule has 0 saturated carbocycles. The van der Waals surface area contributed by atoms with Crippen LogP contribution in [0.5, 0.6) is 5.75 Å². The maximum Gasteiger partial charge on any atom is 0.233 e. The van der Waals surface area contributed by atoms with Gasteiger partial charge in [-0.15, -0.1) is 0 Å². The quantitative estimate of drug-likeness (QED) is 0.389. The molecule has 0 radical (unpaired) electrons. The van der Waals surface area contributed by atoms with E-state index in [4.69, 9.17) is 9.72 Å². The van der Waals surface area contributed by atoms with Crippen molar-refractivity contribution in [3.63, 3.8) is 0 Å². The van der Waals surface area contributed by atoms with Gasteiger partial charge in [0.25, 0.3) is 0 Å². The zero-order valence-electron chi connectivity index (χ0n) is 18.0. The first kappa shape index (κ1) is 21.0. The van der Waals surface area contributed by atoms with Gasteiger partial charge in [-0.1, -0.05) is 35.6 Å². The fourth-order valence-corrected chi connectivity index (χ4v) is 4.45. The molecule has 0 atom stereocenters. The van der Waals surface area contributed by atoms with Crippen LogP contribution in [-0.2, 0) is 17.8 Å². The molecule has 0 aliphatic rings. The molecule has 0 spiro atoms. The number of rotatable bonds is 7. The Hall–Kier alpha value is -3.25. The van der Waals surface area contributed by atoms with E-state index >= 15 is 0 Å². The Morgan fingerprint density at radius 2 is 1.87 bits per heavy atom. The monoisotopic (exact) mass is 431 g/mol. The third-order valence-corrected chi connectivity index (χ3v) is 6.30. The van der Waals surface area contributed by atoms with Gasteiger partial charge >= 0.3 is 0 Å². The van der Waals surface area contributed by atoms with E-state index in [9.17, 15) is 4.79 Å². The molecule has 0 fully saturated rings. The lowest BCUT2D eigenvalue weighted by molar-refractivity contribution is -0.118. The first-order valence-corrected chi connectivity index (χ1v) is 11.1. The summed E-state index contributed by atoms with van der Waals surface area (Å²) >= 11 is 1.55. The minimum Gasteiger partial charge on any atom is -0.494 e. The predicted octanol–water partition coefficient (Wildman–Crippen LogP) is 5.48. The van der Waals surface area contributed by atoms with Gasteiger partial charge in [-0.2, -0.15) is 0 Å². The van der Waals surface area contributed by atoms with Crippen LogP contribution in [0.15, 0.2) is 60.9 Å². The minimum atomic E-state index is 0.00134. The zero-order valence-corrected chi connectivity index (χ0v) is 18.8. The molecule has 158 valence electrons. The lowest BCUT2D eigenvalue weighted by atomic mass is 10.1. The van der Waals surface area contributed by atoms with Crippen molar-refractivity contribution in [2.75, 3.05) is 11.5 Å². The van der Waals surface area contributed by atoms with Crippen molar-refractivity contribution in [2.45, 2.75) is 33.7 Å². The summed E-state index contributed by atoms with van der Waals surface area (Å²) in [6, 6.07) is 15.7. The average Bonchev–Trinajstić information content (AvgIpc) is 3.21. The number of amides is 1. The Morgan fingerprint density at radius 3 is 2.58 bits per heavy atom. The number of fused-ring (bicyclic) bond motifs is 1. The van der Waals surface area contributed by atoms with Gasteiger partial charge in [0, 0.05) is 12.4 Å². The van der Waals surface area contributed by atoms with E-state index in [-0.39, 0.29) is 5.91 Å². The van der Waals surface area contributed by atoms with E-state index in [1.165, 1.54) is 5.56 Å². The molecule has 2 aromatic heterocycles. The maximum atomic E-state index is 13.4. The summed E-state index contributed by atoms with van der Waals surface area (Å²) in [7, 11) is 0. The van der Waals surface area contributed by atoms with Crippen LogP contribution in [-0.4, -0.2) is 22.5 Å². The van der Waals surface area contributed by atoms with Crippen molar-refractivity contribution in [3.05, 3.63) is 83.2 Å². The van der Waals surface area contributed by atoms with Gasteiger partial charge < -0.3 is 4.74 Å². The third kappa shape index (κ3) is 4.75. The van der Waals surface area contributed by atoms with Gasteiger partial charge in [0.2, 0.25) is 5.91 Å². The Morgan fingerprint density at radius 1 is 1.06 bits per heavy atom. The highest BCUT2D eigenvalue weighted by molar-refractivity contribution is 7.22. The highest BCUT2D eigenvalue weighted by atomic mass is 32.1. The van der Waals surface area contributed by atoms with E-state index in [1.54, 1.807) is 28.6 Å². The van der Waals surface area contributed by atoms with Gasteiger partial charge in [0.05, 0.1) is 29.8 Å². The Labute approximate surface area is 186 Å². The number of anilines is 1. The first-order chi connectivity index (χ1) is 15.0. The molecular formula is C25H25N3O2S. The lowest BCUT2D eigenvalue weighted by Gasteiger charge is -2.20. The van der Waals surface area contributed by atoms with Crippen LogP contribution in [0.1, 0.15) is 29.2 Å². The standard InChI is InChI=1S/C25H25N3O2S/c1-4-30-21-10-8-19(9-11-21)14-23(29)28(16-20-6-5-13-26-15-20)25-27-24-18(3)17(2)7-12-22(24)31-25/h5-13,15H,4,14,16H2,1-3H3. The normalized spacial score (nSPS) is 10.9. The average molecular weight is 432 g/mol. The summed E-state index contributed by atoms with van der Waals surface area (Å²) in [5.74, 6) is 0.810. The highest BCUT2D eigenvalue weighted by Crippen LogP contribution is 2.33. The smallest absolute Gasteiger partial charge is 0.233 e. The van der Waals surface area contributed by atoms with Gasteiger partial charge in [0.1, 0.15) is 5.75 Å². The molecule has 0 aliphatic carbocycles. The Balaban J connectivity index is 1.65. The highest BCUT2D eigenvalue weighted by Gasteiger charge is 2.21. The fourth-order valence-electron chi connectivity index (χ4n) is 3.41. The number of carbonyl (C=O) groups excluding carboxylic acids is 1. The molecule has 0 saturated heterocycles. The van der Waals surface area contributed by atoms with E-state index < -0.39 is 0 Å². The molecule has 6 heteroatoms. The number of benzene rings is 2. The summed E-state index contributed by atoms with van der Waals surface area (Å²) < 4.78 is 6.59. The zero-order chi connectivity index (χ0) is 21.8. The van der Waals surface area contributed by atoms with E-state index in [0.29, 0.717) is 24.7 Å². The molecule has 4 rings (SSSR count). The van der Waals surface area contributed by atoms with Crippen LogP contribution in [0, 0.1) is 13.8 Å². The molecule has 4 aromatic rings. The van der Waals surface area contributed by atoms with Crippen molar-refractivity contribution in [3.8, 4) is 5.75 Å². The molecule has 31 heavy (non-hydrogen) atoms. The van der Waals surface area contributed by atoms with Crippen LogP contribution in [0.4, 0.5) is 5.13 Å². The fraction of sp³-hybridized carbons (Fsp3) is 0.240. The van der Waals surface area contributed by atoms with Crippen LogP contribution >= 0.6 is 11.3 Å². The number of pyridine rings is 1. The number of aryl methyl sites for hydroxylation is 2. The van der Waals surface area contributed by atoms with Crippen molar-refractivity contribution in [1.29, 1.82) is 0 Å². The number of nitrogens with zero attached hydrogens (tertiary/aromatic N) is 3. The summed E-state index contributed by atoms with van der Waals surface area (Å²) in [6.07, 6.45) is 3.82. The van der Waals surface area contributed by atoms with Crippen molar-refractivity contribution < 1.29 is 9.53 Å². The number of thiazole rings is 1. The SMILES string of the molecule is CCOc1ccc(CC(=O)N(Cc2cccnc2)c2nc3c(C)c(C)ccc3s2)cc1. The molecule has 0 aliphatic heterocycles. The van der Waals surface area contributed by atoms with E-state index in [1.807, 2.05) is 43.3 Å². The van der Waals surface area contributed by atoms with Crippen molar-refractivity contribution >= 4 is 32.6 Å². The first-order valence-electron chi connectivity index (χ1n) is 10.3. The summed E-state index contributed by atoms with van der Waals surface area (Å²) in [4.78, 5) is 24.2. The second-order valence-corrected chi connectivity index (χ2v) is 8.45. The number of carbonyl (C=O) groups is 1. The Kier molecular flexibility index (Phi) is 6.28. The summed E-state index contributed by atoms with van der Waals surface area (Å²) in [6.45, 7) is 7.16. The maximum absolute atomic E-state index is 13.4. The predicted molar refractivity (Wildman–Crippen MR) is 126 cm³/mol.